The highest BCUT2D eigenvalue weighted by Crippen LogP contribution is 2.35. The molecular formula is C25H15FN4O4S2. The summed E-state index contributed by atoms with van der Waals surface area (Å²) < 4.78 is 40.5. The Balaban J connectivity index is 1.36. The standard InChI is InChI=1S/C25H15FN4O4S2/c26-19-3-1-2-18-22(19)36(33,34)21-9-8-16(10-20(21)30-24(18)32)23(31)28-12-17-13-29-25(35-17)15-6-4-14(11-27)5-7-15/h1-10,13H,12H2,(H,28,31)(H,30,32). The van der Waals surface area contributed by atoms with Crippen LogP contribution in [-0.2, 0) is 16.4 Å². The lowest BCUT2D eigenvalue weighted by Crippen LogP contribution is -2.22. The van der Waals surface area contributed by atoms with Gasteiger partial charge in [0.25, 0.3) is 11.8 Å². The highest BCUT2D eigenvalue weighted by atomic mass is 32.2. The van der Waals surface area contributed by atoms with E-state index in [9.17, 15) is 22.4 Å². The van der Waals surface area contributed by atoms with Crippen molar-refractivity contribution in [3.63, 3.8) is 0 Å². The molecule has 0 radical (unpaired) electrons. The van der Waals surface area contributed by atoms with E-state index < -0.39 is 32.4 Å². The molecule has 2 heterocycles. The Morgan fingerprint density at radius 1 is 1.14 bits per heavy atom. The minimum absolute atomic E-state index is 0.107. The normalized spacial score (nSPS) is 13.5. The van der Waals surface area contributed by atoms with Crippen LogP contribution in [0.25, 0.3) is 10.6 Å². The monoisotopic (exact) mass is 518 g/mol. The lowest BCUT2D eigenvalue weighted by atomic mass is 10.1. The van der Waals surface area contributed by atoms with Crippen LogP contribution in [0, 0.1) is 17.1 Å². The molecule has 0 atom stereocenters. The van der Waals surface area contributed by atoms with E-state index in [4.69, 9.17) is 5.26 Å². The fraction of sp³-hybridized carbons (Fsp3) is 0.0400. The van der Waals surface area contributed by atoms with Crippen LogP contribution < -0.4 is 10.6 Å². The Morgan fingerprint density at radius 3 is 2.67 bits per heavy atom. The van der Waals surface area contributed by atoms with E-state index in [0.717, 1.165) is 21.5 Å². The summed E-state index contributed by atoms with van der Waals surface area (Å²) in [6.45, 7) is 0.172. The second-order valence-corrected chi connectivity index (χ2v) is 10.8. The van der Waals surface area contributed by atoms with Gasteiger partial charge in [-0.15, -0.1) is 11.3 Å². The first kappa shape index (κ1) is 23.3. The molecule has 5 rings (SSSR count). The number of nitriles is 1. The molecule has 8 nitrogen and oxygen atoms in total. The van der Waals surface area contributed by atoms with Crippen molar-refractivity contribution in [2.45, 2.75) is 16.3 Å². The van der Waals surface area contributed by atoms with Gasteiger partial charge in [0.1, 0.15) is 15.7 Å². The molecule has 1 aliphatic rings. The number of hydrogen-bond acceptors (Lipinski definition) is 7. The van der Waals surface area contributed by atoms with E-state index in [1.54, 1.807) is 30.5 Å². The number of hydrogen-bond donors (Lipinski definition) is 2. The van der Waals surface area contributed by atoms with Crippen molar-refractivity contribution in [3.8, 4) is 16.6 Å². The van der Waals surface area contributed by atoms with E-state index in [0.29, 0.717) is 5.56 Å². The fourth-order valence-electron chi connectivity index (χ4n) is 3.74. The van der Waals surface area contributed by atoms with Gasteiger partial charge in [0.15, 0.2) is 0 Å². The Labute approximate surface area is 209 Å². The quantitative estimate of drug-likeness (QED) is 0.418. The topological polar surface area (TPSA) is 129 Å². The Kier molecular flexibility index (Phi) is 5.83. The van der Waals surface area contributed by atoms with Gasteiger partial charge in [-0.3, -0.25) is 9.59 Å². The van der Waals surface area contributed by atoms with Crippen LogP contribution in [0.4, 0.5) is 10.1 Å². The minimum Gasteiger partial charge on any atom is -0.347 e. The van der Waals surface area contributed by atoms with Crippen LogP contribution in [0.2, 0.25) is 0 Å². The van der Waals surface area contributed by atoms with E-state index in [1.165, 1.54) is 41.7 Å². The number of nitrogens with one attached hydrogen (secondary N) is 2. The maximum absolute atomic E-state index is 14.4. The molecule has 0 aliphatic carbocycles. The predicted molar refractivity (Wildman–Crippen MR) is 130 cm³/mol. The highest BCUT2D eigenvalue weighted by Gasteiger charge is 2.34. The van der Waals surface area contributed by atoms with Crippen molar-refractivity contribution in [3.05, 3.63) is 94.2 Å². The van der Waals surface area contributed by atoms with Crippen LogP contribution in [-0.4, -0.2) is 25.2 Å². The second-order valence-electron chi connectivity index (χ2n) is 7.79. The van der Waals surface area contributed by atoms with Crippen LogP contribution in [0.3, 0.4) is 0 Å². The smallest absolute Gasteiger partial charge is 0.257 e. The van der Waals surface area contributed by atoms with Crippen molar-refractivity contribution in [1.82, 2.24) is 10.3 Å². The summed E-state index contributed by atoms with van der Waals surface area (Å²) in [4.78, 5) is 29.5. The van der Waals surface area contributed by atoms with Gasteiger partial charge >= 0.3 is 0 Å². The van der Waals surface area contributed by atoms with Crippen molar-refractivity contribution >= 4 is 38.7 Å². The number of amides is 2. The number of aromatic nitrogens is 1. The van der Waals surface area contributed by atoms with Crippen LogP contribution in [0.15, 0.2) is 76.7 Å². The van der Waals surface area contributed by atoms with Gasteiger partial charge < -0.3 is 10.6 Å². The fourth-order valence-corrected chi connectivity index (χ4v) is 6.24. The molecule has 3 aromatic carbocycles. The second kappa shape index (κ2) is 8.99. The molecule has 1 aliphatic heterocycles. The van der Waals surface area contributed by atoms with Crippen molar-refractivity contribution < 1.29 is 22.4 Å². The Bertz CT molecular complexity index is 1690. The number of halogens is 1. The number of anilines is 1. The van der Waals surface area contributed by atoms with Gasteiger partial charge in [-0.05, 0) is 42.5 Å². The van der Waals surface area contributed by atoms with E-state index in [1.807, 2.05) is 0 Å². The minimum atomic E-state index is -4.34. The molecule has 0 saturated carbocycles. The number of nitrogens with zero attached hydrogens (tertiary/aromatic N) is 2. The number of thiazole rings is 1. The molecule has 36 heavy (non-hydrogen) atoms. The predicted octanol–water partition coefficient (Wildman–Crippen LogP) is 4.15. The lowest BCUT2D eigenvalue weighted by Gasteiger charge is -2.10. The van der Waals surface area contributed by atoms with Crippen LogP contribution in [0.5, 0.6) is 0 Å². The summed E-state index contributed by atoms with van der Waals surface area (Å²) in [7, 11) is -4.34. The third-order valence-electron chi connectivity index (χ3n) is 5.50. The Morgan fingerprint density at radius 2 is 1.92 bits per heavy atom. The van der Waals surface area contributed by atoms with Gasteiger partial charge in [-0.1, -0.05) is 18.2 Å². The lowest BCUT2D eigenvalue weighted by molar-refractivity contribution is 0.0949. The molecule has 0 spiro atoms. The average molecular weight is 519 g/mol. The molecule has 0 saturated heterocycles. The summed E-state index contributed by atoms with van der Waals surface area (Å²) in [6.07, 6.45) is 1.63. The van der Waals surface area contributed by atoms with Crippen molar-refractivity contribution in [1.29, 1.82) is 5.26 Å². The average Bonchev–Trinajstić information content (AvgIpc) is 3.33. The molecule has 0 bridgehead atoms. The molecule has 11 heteroatoms. The molecule has 0 fully saturated rings. The summed E-state index contributed by atoms with van der Waals surface area (Å²) in [6, 6.07) is 16.2. The van der Waals surface area contributed by atoms with Crippen molar-refractivity contribution in [2.24, 2.45) is 0 Å². The van der Waals surface area contributed by atoms with Gasteiger partial charge in [-0.25, -0.2) is 17.8 Å². The molecule has 1 aromatic heterocycles. The summed E-state index contributed by atoms with van der Waals surface area (Å²) in [5, 5.41) is 14.9. The van der Waals surface area contributed by atoms with E-state index in [-0.39, 0.29) is 28.3 Å². The number of rotatable bonds is 4. The summed E-state index contributed by atoms with van der Waals surface area (Å²) in [5.74, 6) is -2.31. The third kappa shape index (κ3) is 4.13. The third-order valence-corrected chi connectivity index (χ3v) is 8.43. The summed E-state index contributed by atoms with van der Waals surface area (Å²) >= 11 is 1.38. The zero-order valence-corrected chi connectivity index (χ0v) is 19.9. The molecule has 178 valence electrons. The molecule has 4 aromatic rings. The number of carbonyl (C=O) groups is 2. The van der Waals surface area contributed by atoms with Gasteiger partial charge in [-0.2, -0.15) is 5.26 Å². The molecule has 0 unspecified atom stereocenters. The first-order valence-electron chi connectivity index (χ1n) is 10.5. The van der Waals surface area contributed by atoms with Gasteiger partial charge in [0.2, 0.25) is 9.84 Å². The molecule has 2 N–H and O–H groups in total. The zero-order valence-electron chi connectivity index (χ0n) is 18.3. The van der Waals surface area contributed by atoms with Crippen molar-refractivity contribution in [2.75, 3.05) is 5.32 Å². The summed E-state index contributed by atoms with van der Waals surface area (Å²) in [5.41, 5.74) is 1.09. The van der Waals surface area contributed by atoms with Gasteiger partial charge in [0.05, 0.1) is 34.3 Å². The largest absolute Gasteiger partial charge is 0.347 e. The van der Waals surface area contributed by atoms with E-state index in [2.05, 4.69) is 21.7 Å². The van der Waals surface area contributed by atoms with Gasteiger partial charge in [0, 0.05) is 22.2 Å². The first-order chi connectivity index (χ1) is 17.3. The molecular weight excluding hydrogens is 503 g/mol. The maximum atomic E-state index is 14.4. The SMILES string of the molecule is N#Cc1ccc(-c2ncc(CNC(=O)c3ccc4c(c3)NC(=O)c3cccc(F)c3S4(=O)=O)s2)cc1. The number of fused-ring (bicyclic) bond motifs is 2. The van der Waals surface area contributed by atoms with Crippen LogP contribution >= 0.6 is 11.3 Å². The Hall–Kier alpha value is -4.40. The van der Waals surface area contributed by atoms with E-state index >= 15 is 0 Å². The van der Waals surface area contributed by atoms with Crippen LogP contribution in [0.1, 0.15) is 31.2 Å². The number of benzene rings is 3. The highest BCUT2D eigenvalue weighted by molar-refractivity contribution is 7.91. The number of carbonyl (C=O) groups excluding carboxylic acids is 2. The zero-order chi connectivity index (χ0) is 25.4. The molecule has 2 amide bonds. The maximum Gasteiger partial charge on any atom is 0.257 e. The first-order valence-corrected chi connectivity index (χ1v) is 12.8. The number of sulfone groups is 1.